The molecule has 0 saturated carbocycles. The molecule has 0 saturated heterocycles. The van der Waals surface area contributed by atoms with Crippen molar-refractivity contribution in [3.8, 4) is 0 Å². The fourth-order valence-electron chi connectivity index (χ4n) is 0.110. The van der Waals surface area contributed by atoms with E-state index in [9.17, 15) is 4.57 Å². The van der Waals surface area contributed by atoms with Gasteiger partial charge in [0.05, 0.1) is 0 Å². The van der Waals surface area contributed by atoms with Crippen molar-refractivity contribution in [2.24, 2.45) is 0 Å². The van der Waals surface area contributed by atoms with Crippen LogP contribution in [-0.2, 0) is 9.09 Å². The van der Waals surface area contributed by atoms with Crippen molar-refractivity contribution in [2.75, 3.05) is 6.61 Å². The monoisotopic (exact) mass is 181 g/mol. The highest BCUT2D eigenvalue weighted by Gasteiger charge is 2.06. The summed E-state index contributed by atoms with van der Waals surface area (Å²) in [5.74, 6) is 0. The molecule has 0 aromatic carbocycles. The van der Waals surface area contributed by atoms with Gasteiger partial charge in [0.25, 0.3) is 0 Å². The van der Waals surface area contributed by atoms with Crippen LogP contribution in [0.15, 0.2) is 0 Å². The summed E-state index contributed by atoms with van der Waals surface area (Å²) in [4.78, 5) is 7.84. The van der Waals surface area contributed by atoms with Crippen molar-refractivity contribution in [1.29, 1.82) is 0 Å². The highest BCUT2D eigenvalue weighted by Crippen LogP contribution is 2.12. The largest absolute Gasteiger partial charge is 0.694 e. The predicted molar refractivity (Wildman–Crippen MR) is 35.9 cm³/mol. The Hall–Kier alpha value is 0.600. The molecule has 0 aliphatic heterocycles. The summed E-state index contributed by atoms with van der Waals surface area (Å²) in [6.45, 7) is 1.95. The van der Waals surface area contributed by atoms with Crippen LogP contribution in [0, 0.1) is 0 Å². The summed E-state index contributed by atoms with van der Waals surface area (Å²) in [6.07, 6.45) is 0. The lowest BCUT2D eigenvalue weighted by molar-refractivity contribution is 0.297. The molecule has 3 nitrogen and oxygen atoms in total. The molecule has 0 radical (unpaired) electrons. The van der Waals surface area contributed by atoms with Crippen molar-refractivity contribution < 1.29 is 14.0 Å². The van der Waals surface area contributed by atoms with E-state index in [1.54, 1.807) is 6.92 Å². The summed E-state index contributed by atoms with van der Waals surface area (Å²) in [6, 6.07) is 0. The van der Waals surface area contributed by atoms with Gasteiger partial charge < -0.3 is 0 Å². The van der Waals surface area contributed by atoms with Gasteiger partial charge in [-0.15, -0.1) is 34.2 Å². The van der Waals surface area contributed by atoms with Gasteiger partial charge in [0, 0.05) is 4.57 Å². The Morgan fingerprint density at radius 1 is 1.62 bits per heavy atom. The van der Waals surface area contributed by atoms with Gasteiger partial charge in [-0.25, -0.2) is 0 Å². The normalized spacial score (nSPS) is 8.50. The first kappa shape index (κ1) is 15.8. The summed E-state index contributed by atoms with van der Waals surface area (Å²) >= 11 is 0. The molecule has 8 heavy (non-hydrogen) atoms. The van der Waals surface area contributed by atoms with Gasteiger partial charge in [0.15, 0.2) is 0 Å². The average Bonchev–Trinajstić information content (AvgIpc) is 1.35. The van der Waals surface area contributed by atoms with Crippen LogP contribution in [0.25, 0.3) is 0 Å². The van der Waals surface area contributed by atoms with Gasteiger partial charge in [0.1, 0.15) is 6.61 Å². The van der Waals surface area contributed by atoms with Gasteiger partial charge in [-0.2, -0.15) is 0 Å². The SMILES string of the molecule is CCO[P+](=O)O.Cl.Cl. The molecular formula is C2H8Cl2O3P+. The first-order chi connectivity index (χ1) is 2.77. The molecule has 0 fully saturated rings. The third-order valence-corrected chi connectivity index (χ3v) is 0.719. The van der Waals surface area contributed by atoms with Gasteiger partial charge in [-0.1, -0.05) is 0 Å². The Bertz CT molecular complexity index is 59.2. The highest BCUT2D eigenvalue weighted by molar-refractivity contribution is 7.32. The van der Waals surface area contributed by atoms with E-state index < -0.39 is 8.25 Å². The maximum absolute atomic E-state index is 9.53. The van der Waals surface area contributed by atoms with Crippen molar-refractivity contribution in [3.63, 3.8) is 0 Å². The van der Waals surface area contributed by atoms with Gasteiger partial charge in [0.2, 0.25) is 0 Å². The van der Waals surface area contributed by atoms with Crippen LogP contribution in [0.2, 0.25) is 0 Å². The van der Waals surface area contributed by atoms with Gasteiger partial charge in [-0.3, -0.25) is 0 Å². The Morgan fingerprint density at radius 3 is 2.00 bits per heavy atom. The Kier molecular flexibility index (Phi) is 20.9. The standard InChI is InChI=1S/C2H5O3P.2ClH/c1-2-5-6(3)4;;/h2H2,1H3;2*1H/p+1. The molecule has 0 bridgehead atoms. The van der Waals surface area contributed by atoms with Crippen LogP contribution in [0.1, 0.15) is 6.92 Å². The lowest BCUT2D eigenvalue weighted by Crippen LogP contribution is -1.72. The lowest BCUT2D eigenvalue weighted by atomic mass is 10.9. The van der Waals surface area contributed by atoms with Crippen LogP contribution < -0.4 is 0 Å². The minimum Gasteiger partial charge on any atom is -0.147 e. The van der Waals surface area contributed by atoms with E-state index in [0.29, 0.717) is 6.61 Å². The Balaban J connectivity index is -0.000000125. The van der Waals surface area contributed by atoms with Crippen molar-refractivity contribution >= 4 is 33.1 Å². The Labute approximate surface area is 61.2 Å². The molecule has 0 aliphatic carbocycles. The third kappa shape index (κ3) is 16.0. The predicted octanol–water partition coefficient (Wildman–Crippen LogP) is 1.52. The molecular weight excluding hydrogens is 174 g/mol. The molecule has 1 N–H and O–H groups in total. The zero-order chi connectivity index (χ0) is 4.99. The van der Waals surface area contributed by atoms with Crippen LogP contribution in [0.5, 0.6) is 0 Å². The lowest BCUT2D eigenvalue weighted by Gasteiger charge is -1.68. The summed E-state index contributed by atoms with van der Waals surface area (Å²) in [5, 5.41) is 0. The summed E-state index contributed by atoms with van der Waals surface area (Å²) in [5.41, 5.74) is 0. The Morgan fingerprint density at radius 2 is 2.00 bits per heavy atom. The van der Waals surface area contributed by atoms with Crippen LogP contribution in [-0.4, -0.2) is 11.5 Å². The van der Waals surface area contributed by atoms with E-state index in [-0.39, 0.29) is 24.8 Å². The summed E-state index contributed by atoms with van der Waals surface area (Å²) < 4.78 is 13.6. The molecule has 52 valence electrons. The molecule has 1 unspecified atom stereocenters. The highest BCUT2D eigenvalue weighted by atomic mass is 35.5. The minimum atomic E-state index is -2.35. The molecule has 0 aromatic heterocycles. The summed E-state index contributed by atoms with van der Waals surface area (Å²) in [7, 11) is -2.35. The van der Waals surface area contributed by atoms with E-state index in [2.05, 4.69) is 4.52 Å². The zero-order valence-electron chi connectivity index (χ0n) is 4.23. The molecule has 0 aliphatic rings. The second-order valence-corrected chi connectivity index (χ2v) is 1.39. The zero-order valence-corrected chi connectivity index (χ0v) is 6.76. The van der Waals surface area contributed by atoms with Crippen LogP contribution in [0.4, 0.5) is 0 Å². The molecule has 0 spiro atoms. The number of hydrogen-bond acceptors (Lipinski definition) is 2. The topological polar surface area (TPSA) is 46.5 Å². The van der Waals surface area contributed by atoms with Crippen molar-refractivity contribution in [1.82, 2.24) is 0 Å². The second-order valence-electron chi connectivity index (χ2n) is 0.656. The fourth-order valence-corrected chi connectivity index (χ4v) is 0.331. The molecule has 1 atom stereocenters. The molecule has 0 rings (SSSR count). The third-order valence-electron chi connectivity index (χ3n) is 0.240. The van der Waals surface area contributed by atoms with E-state index in [1.807, 2.05) is 0 Å². The number of rotatable bonds is 2. The fraction of sp³-hybridized carbons (Fsp3) is 1.00. The smallest absolute Gasteiger partial charge is 0.147 e. The van der Waals surface area contributed by atoms with Gasteiger partial charge in [-0.05, 0) is 6.92 Å². The number of hydrogen-bond donors (Lipinski definition) is 1. The van der Waals surface area contributed by atoms with Crippen molar-refractivity contribution in [3.05, 3.63) is 0 Å². The van der Waals surface area contributed by atoms with E-state index in [4.69, 9.17) is 4.89 Å². The van der Waals surface area contributed by atoms with Crippen LogP contribution in [0.3, 0.4) is 0 Å². The van der Waals surface area contributed by atoms with E-state index in [0.717, 1.165) is 0 Å². The molecule has 0 amide bonds. The maximum atomic E-state index is 9.53. The molecule has 0 heterocycles. The van der Waals surface area contributed by atoms with E-state index in [1.165, 1.54) is 0 Å². The van der Waals surface area contributed by atoms with E-state index >= 15 is 0 Å². The van der Waals surface area contributed by atoms with Gasteiger partial charge >= 0.3 is 8.25 Å². The quantitative estimate of drug-likeness (QED) is 0.658. The van der Waals surface area contributed by atoms with Crippen molar-refractivity contribution in [2.45, 2.75) is 6.92 Å². The first-order valence-corrected chi connectivity index (χ1v) is 2.69. The average molecular weight is 182 g/mol. The number of halogens is 2. The second kappa shape index (κ2) is 10.6. The first-order valence-electron chi connectivity index (χ1n) is 1.56. The molecule has 6 heteroatoms. The molecule has 0 aromatic rings. The maximum Gasteiger partial charge on any atom is 0.694 e. The van der Waals surface area contributed by atoms with Crippen LogP contribution >= 0.6 is 33.1 Å². The minimum absolute atomic E-state index is 0.